The molecule has 0 bridgehead atoms. The summed E-state index contributed by atoms with van der Waals surface area (Å²) < 4.78 is 0. The highest BCUT2D eigenvalue weighted by molar-refractivity contribution is 6.08. The predicted octanol–water partition coefficient (Wildman–Crippen LogP) is 1.73. The van der Waals surface area contributed by atoms with E-state index in [9.17, 15) is 9.59 Å². The van der Waals surface area contributed by atoms with Crippen molar-refractivity contribution in [3.8, 4) is 0 Å². The molecule has 2 aromatic rings. The smallest absolute Gasteiger partial charge is 0.258 e. The van der Waals surface area contributed by atoms with Crippen LogP contribution in [0.5, 0.6) is 0 Å². The average Bonchev–Trinajstić information content (AvgIpc) is 2.53. The number of benzene rings is 2. The van der Waals surface area contributed by atoms with Crippen LogP contribution in [-0.4, -0.2) is 24.6 Å². The summed E-state index contributed by atoms with van der Waals surface area (Å²) in [5, 5.41) is 7.42. The van der Waals surface area contributed by atoms with E-state index in [1.165, 1.54) is 11.0 Å². The van der Waals surface area contributed by atoms with Gasteiger partial charge in [-0.05, 0) is 24.3 Å². The SMILES string of the molecule is N=C(N)c1cccc(C(=O)N(C[C]=O)c2ccccc2)c1. The Balaban J connectivity index is 2.37. The third-order valence-corrected chi connectivity index (χ3v) is 2.96. The zero-order valence-corrected chi connectivity index (χ0v) is 11.2. The van der Waals surface area contributed by atoms with Crippen molar-refractivity contribution in [2.45, 2.75) is 0 Å². The molecule has 1 radical (unpaired) electrons. The van der Waals surface area contributed by atoms with Gasteiger partial charge in [0.2, 0.25) is 6.29 Å². The third-order valence-electron chi connectivity index (χ3n) is 2.96. The van der Waals surface area contributed by atoms with Crippen LogP contribution in [0.3, 0.4) is 0 Å². The second-order valence-electron chi connectivity index (χ2n) is 4.37. The number of nitrogens with two attached hydrogens (primary N) is 1. The summed E-state index contributed by atoms with van der Waals surface area (Å²) in [6.07, 6.45) is 1.74. The van der Waals surface area contributed by atoms with Crippen molar-refractivity contribution in [1.29, 1.82) is 5.41 Å². The normalized spacial score (nSPS) is 9.90. The molecule has 0 saturated heterocycles. The van der Waals surface area contributed by atoms with Gasteiger partial charge >= 0.3 is 0 Å². The van der Waals surface area contributed by atoms with E-state index in [4.69, 9.17) is 11.1 Å². The van der Waals surface area contributed by atoms with Crippen LogP contribution in [0.15, 0.2) is 54.6 Å². The number of hydrogen-bond acceptors (Lipinski definition) is 3. The summed E-state index contributed by atoms with van der Waals surface area (Å²) in [7, 11) is 0. The lowest BCUT2D eigenvalue weighted by atomic mass is 10.1. The van der Waals surface area contributed by atoms with Crippen LogP contribution in [0.2, 0.25) is 0 Å². The lowest BCUT2D eigenvalue weighted by molar-refractivity contribution is 0.0990. The lowest BCUT2D eigenvalue weighted by Gasteiger charge is -2.20. The van der Waals surface area contributed by atoms with Crippen LogP contribution in [-0.2, 0) is 4.79 Å². The Labute approximate surface area is 122 Å². The van der Waals surface area contributed by atoms with Crippen molar-refractivity contribution in [2.75, 3.05) is 11.4 Å². The molecule has 3 N–H and O–H groups in total. The van der Waals surface area contributed by atoms with E-state index < -0.39 is 0 Å². The van der Waals surface area contributed by atoms with Crippen LogP contribution in [0.1, 0.15) is 15.9 Å². The fourth-order valence-electron chi connectivity index (χ4n) is 1.93. The summed E-state index contributed by atoms with van der Waals surface area (Å²) in [4.78, 5) is 24.6. The summed E-state index contributed by atoms with van der Waals surface area (Å²) in [6, 6.07) is 15.3. The fraction of sp³-hybridized carbons (Fsp3) is 0.0625. The van der Waals surface area contributed by atoms with Crippen LogP contribution in [0, 0.1) is 5.41 Å². The number of hydrogen-bond donors (Lipinski definition) is 2. The average molecular weight is 280 g/mol. The van der Waals surface area contributed by atoms with E-state index in [0.29, 0.717) is 16.8 Å². The number of anilines is 1. The van der Waals surface area contributed by atoms with Crippen LogP contribution >= 0.6 is 0 Å². The highest BCUT2D eigenvalue weighted by Crippen LogP contribution is 2.17. The van der Waals surface area contributed by atoms with Crippen molar-refractivity contribution in [1.82, 2.24) is 0 Å². The molecular formula is C16H14N3O2. The number of para-hydroxylation sites is 1. The van der Waals surface area contributed by atoms with Gasteiger partial charge in [0.05, 0.1) is 6.54 Å². The number of nitrogens with one attached hydrogen (secondary N) is 1. The molecule has 21 heavy (non-hydrogen) atoms. The molecule has 0 heterocycles. The van der Waals surface area contributed by atoms with Gasteiger partial charge in [-0.25, -0.2) is 0 Å². The Morgan fingerprint density at radius 2 is 1.76 bits per heavy atom. The minimum Gasteiger partial charge on any atom is -0.384 e. The number of amidine groups is 1. The minimum absolute atomic E-state index is 0.113. The molecule has 1 amide bonds. The van der Waals surface area contributed by atoms with Gasteiger partial charge in [0.1, 0.15) is 5.84 Å². The Morgan fingerprint density at radius 3 is 2.38 bits per heavy atom. The van der Waals surface area contributed by atoms with Gasteiger partial charge in [-0.15, -0.1) is 0 Å². The standard InChI is InChI=1S/C16H14N3O2/c17-15(18)12-5-4-6-13(11-12)16(21)19(9-10-20)14-7-2-1-3-8-14/h1-8,11H,9H2,(H3,17,18). The molecule has 5 heteroatoms. The molecule has 0 fully saturated rings. The van der Waals surface area contributed by atoms with E-state index in [1.807, 2.05) is 6.07 Å². The highest BCUT2D eigenvalue weighted by Gasteiger charge is 2.18. The van der Waals surface area contributed by atoms with Crippen LogP contribution in [0.25, 0.3) is 0 Å². The first-order valence-corrected chi connectivity index (χ1v) is 6.30. The number of carbonyl (C=O) groups is 1. The molecular weight excluding hydrogens is 266 g/mol. The maximum absolute atomic E-state index is 12.5. The van der Waals surface area contributed by atoms with Gasteiger partial charge < -0.3 is 10.6 Å². The van der Waals surface area contributed by atoms with Crippen molar-refractivity contribution >= 4 is 23.7 Å². The van der Waals surface area contributed by atoms with Gasteiger partial charge in [0, 0.05) is 16.8 Å². The Kier molecular flexibility index (Phi) is 4.46. The summed E-state index contributed by atoms with van der Waals surface area (Å²) in [6.45, 7) is -0.160. The minimum atomic E-state index is -0.340. The molecule has 5 nitrogen and oxygen atoms in total. The van der Waals surface area contributed by atoms with Crippen molar-refractivity contribution in [3.05, 3.63) is 65.7 Å². The number of nitrogens with zero attached hydrogens (tertiary/aromatic N) is 1. The molecule has 0 aliphatic rings. The summed E-state index contributed by atoms with van der Waals surface area (Å²) in [5.74, 6) is -0.453. The van der Waals surface area contributed by atoms with Crippen LogP contribution < -0.4 is 10.6 Å². The number of amides is 1. The van der Waals surface area contributed by atoms with Gasteiger partial charge in [0.15, 0.2) is 0 Å². The zero-order valence-electron chi connectivity index (χ0n) is 11.2. The van der Waals surface area contributed by atoms with E-state index in [0.717, 1.165) is 0 Å². The topological polar surface area (TPSA) is 87.2 Å². The number of nitrogen functional groups attached to an aromatic ring is 1. The Morgan fingerprint density at radius 1 is 1.10 bits per heavy atom. The molecule has 2 aromatic carbocycles. The quantitative estimate of drug-likeness (QED) is 0.646. The predicted molar refractivity (Wildman–Crippen MR) is 81.3 cm³/mol. The maximum atomic E-state index is 12.5. The Bertz CT molecular complexity index is 668. The first-order valence-electron chi connectivity index (χ1n) is 6.30. The van der Waals surface area contributed by atoms with E-state index in [-0.39, 0.29) is 18.3 Å². The largest absolute Gasteiger partial charge is 0.384 e. The van der Waals surface area contributed by atoms with Crippen LogP contribution in [0.4, 0.5) is 5.69 Å². The Hall–Kier alpha value is -2.95. The number of carbonyl (C=O) groups excluding carboxylic acids is 2. The fourth-order valence-corrected chi connectivity index (χ4v) is 1.93. The van der Waals surface area contributed by atoms with Crippen molar-refractivity contribution in [3.63, 3.8) is 0 Å². The lowest BCUT2D eigenvalue weighted by Crippen LogP contribution is -2.32. The molecule has 0 atom stereocenters. The molecule has 0 aliphatic heterocycles. The van der Waals surface area contributed by atoms with Crippen molar-refractivity contribution < 1.29 is 9.59 Å². The monoisotopic (exact) mass is 280 g/mol. The molecule has 2 rings (SSSR count). The van der Waals surface area contributed by atoms with Gasteiger partial charge in [0.25, 0.3) is 5.91 Å². The molecule has 0 unspecified atom stereocenters. The zero-order chi connectivity index (χ0) is 15.2. The molecule has 0 saturated carbocycles. The molecule has 0 aromatic heterocycles. The van der Waals surface area contributed by atoms with Crippen molar-refractivity contribution in [2.24, 2.45) is 5.73 Å². The first-order chi connectivity index (χ1) is 10.1. The summed E-state index contributed by atoms with van der Waals surface area (Å²) in [5.41, 5.74) is 6.86. The first kappa shape index (κ1) is 14.5. The summed E-state index contributed by atoms with van der Waals surface area (Å²) >= 11 is 0. The highest BCUT2D eigenvalue weighted by atomic mass is 16.2. The number of rotatable bonds is 5. The molecule has 0 spiro atoms. The molecule has 0 aliphatic carbocycles. The molecule has 105 valence electrons. The van der Waals surface area contributed by atoms with Gasteiger partial charge in [-0.3, -0.25) is 15.0 Å². The van der Waals surface area contributed by atoms with Gasteiger partial charge in [-0.1, -0.05) is 30.3 Å². The van der Waals surface area contributed by atoms with Gasteiger partial charge in [-0.2, -0.15) is 0 Å². The second kappa shape index (κ2) is 6.47. The van der Waals surface area contributed by atoms with E-state index >= 15 is 0 Å². The second-order valence-corrected chi connectivity index (χ2v) is 4.37. The third kappa shape index (κ3) is 3.33. The van der Waals surface area contributed by atoms with E-state index in [1.54, 1.807) is 48.8 Å². The van der Waals surface area contributed by atoms with E-state index in [2.05, 4.69) is 0 Å². The maximum Gasteiger partial charge on any atom is 0.258 e.